The van der Waals surface area contributed by atoms with Gasteiger partial charge in [-0.3, -0.25) is 6.08 Å². The van der Waals surface area contributed by atoms with Crippen molar-refractivity contribution in [3.8, 4) is 11.1 Å². The third-order valence-electron chi connectivity index (χ3n) is 8.15. The summed E-state index contributed by atoms with van der Waals surface area (Å²) in [5.41, 5.74) is 11.4. The first-order valence-corrected chi connectivity index (χ1v) is 20.5. The van der Waals surface area contributed by atoms with Crippen molar-refractivity contribution >= 4 is 11.3 Å². The second kappa shape index (κ2) is 16.8. The molecule has 2 aliphatic carbocycles. The van der Waals surface area contributed by atoms with Crippen LogP contribution in [0.25, 0.3) is 11.1 Å². The molecule has 0 atom stereocenters. The molecule has 0 spiro atoms. The topological polar surface area (TPSA) is 0 Å². The second-order valence-electron chi connectivity index (χ2n) is 14.9. The molecule has 0 amide bonds. The molecule has 0 aliphatic heterocycles. The monoisotopic (exact) mass is 740 g/mol. The van der Waals surface area contributed by atoms with E-state index >= 15 is 0 Å². The van der Waals surface area contributed by atoms with Crippen LogP contribution in [-0.2, 0) is 41.5 Å². The van der Waals surface area contributed by atoms with E-state index in [2.05, 4.69) is 176 Å². The summed E-state index contributed by atoms with van der Waals surface area (Å²) in [6.45, 7) is 20.7. The van der Waals surface area contributed by atoms with Crippen molar-refractivity contribution in [3.63, 3.8) is 0 Å². The van der Waals surface area contributed by atoms with Crippen molar-refractivity contribution in [1.82, 2.24) is 0 Å². The molecule has 4 heteroatoms. The normalized spacial score (nSPS) is 13.0. The van der Waals surface area contributed by atoms with Crippen molar-refractivity contribution in [2.75, 3.05) is 0 Å². The van der Waals surface area contributed by atoms with Crippen molar-refractivity contribution in [1.29, 1.82) is 0 Å². The van der Waals surface area contributed by atoms with Gasteiger partial charge in [0.25, 0.3) is 0 Å². The predicted octanol–water partition coefficient (Wildman–Crippen LogP) is 5.02. The number of fused-ring (bicyclic) bond motifs is 3. The van der Waals surface area contributed by atoms with Gasteiger partial charge in [0.15, 0.2) is 0 Å². The van der Waals surface area contributed by atoms with Gasteiger partial charge in [0.1, 0.15) is 0 Å². The Balaban J connectivity index is 0.000000256. The molecule has 0 saturated heterocycles. The predicted molar refractivity (Wildman–Crippen MR) is 191 cm³/mol. The van der Waals surface area contributed by atoms with Gasteiger partial charge in [-0.2, -0.15) is 29.8 Å². The van der Waals surface area contributed by atoms with Crippen molar-refractivity contribution in [2.24, 2.45) is 0 Å². The van der Waals surface area contributed by atoms with E-state index in [0.717, 1.165) is 12.8 Å². The standard InChI is InChI=1S/C21H25.C13H10.C8H13Si.2ClH.Zr/c1-20(2,3)16-7-9-18-14(12-16)11-15-13-17(21(4,5)6)8-10-19(15)18;1-3-7-12(8-4-1)11-13-9-5-2-6-10-13;1-9(2,3)8-6-4-5-7-8;;;/h7-10,12H,11H2,1-6H3;1-10H;6-7H,4H2,1-3H3;2*1H;/q-1;;-1;;;+2/p-2. The Kier molecular flexibility index (Phi) is 14.7. The van der Waals surface area contributed by atoms with E-state index in [1.165, 1.54) is 71.9 Å². The van der Waals surface area contributed by atoms with Gasteiger partial charge in [0.05, 0.1) is 0 Å². The molecule has 0 unspecified atom stereocenters. The molecular formula is C42H48Cl2SiZr-2. The van der Waals surface area contributed by atoms with E-state index < -0.39 is 8.07 Å². The molecule has 4 aromatic carbocycles. The Hall–Kier alpha value is -2.09. The molecule has 240 valence electrons. The molecule has 0 bridgehead atoms. The third kappa shape index (κ3) is 10.7. The van der Waals surface area contributed by atoms with Gasteiger partial charge < -0.3 is 24.8 Å². The van der Waals surface area contributed by atoms with Crippen LogP contribution in [0.5, 0.6) is 0 Å². The summed E-state index contributed by atoms with van der Waals surface area (Å²) in [4.78, 5) is 0. The molecule has 0 nitrogen and oxygen atoms in total. The zero-order valence-electron chi connectivity index (χ0n) is 29.0. The van der Waals surface area contributed by atoms with E-state index in [1.54, 1.807) is 5.20 Å². The summed E-state index contributed by atoms with van der Waals surface area (Å²) in [6, 6.07) is 36.3. The zero-order chi connectivity index (χ0) is 32.1. The first-order chi connectivity index (χ1) is 20.6. The SMILES string of the molecule is CC(C)(C)c1[c-]c2c(cc1)-c1ccc(C(C)(C)C)cc1C2.C[Si](C)(C)C1=CC[C-]=C1.[Cl-].[Cl-].[Zr+2]=[C](c1ccccc1)c1ccccc1. The van der Waals surface area contributed by atoms with E-state index in [9.17, 15) is 0 Å². The molecule has 46 heavy (non-hydrogen) atoms. The van der Waals surface area contributed by atoms with E-state index in [1.807, 2.05) is 0 Å². The molecule has 4 aromatic rings. The minimum atomic E-state index is -0.981. The summed E-state index contributed by atoms with van der Waals surface area (Å²) in [5, 5.41) is 1.56. The van der Waals surface area contributed by atoms with Crippen LogP contribution in [-0.4, -0.2) is 11.3 Å². The van der Waals surface area contributed by atoms with Gasteiger partial charge in [-0.1, -0.05) is 84.9 Å². The Bertz CT molecular complexity index is 1550. The van der Waals surface area contributed by atoms with Crippen LogP contribution in [0.15, 0.2) is 108 Å². The molecule has 2 aliphatic rings. The molecule has 0 N–H and O–H groups in total. The molecule has 0 heterocycles. The molecule has 0 saturated carbocycles. The fourth-order valence-corrected chi connectivity index (χ4v) is 7.39. The molecule has 6 rings (SSSR count). The number of hydrogen-bond acceptors (Lipinski definition) is 0. The molecule has 0 aromatic heterocycles. The average molecular weight is 743 g/mol. The Morgan fingerprint density at radius 2 is 1.24 bits per heavy atom. The van der Waals surface area contributed by atoms with Crippen LogP contribution >= 0.6 is 0 Å². The van der Waals surface area contributed by atoms with Gasteiger partial charge in [0.2, 0.25) is 0 Å². The Morgan fingerprint density at radius 3 is 1.67 bits per heavy atom. The van der Waals surface area contributed by atoms with E-state index in [4.69, 9.17) is 0 Å². The number of halogens is 2. The van der Waals surface area contributed by atoms with Crippen LogP contribution in [0.2, 0.25) is 19.6 Å². The van der Waals surface area contributed by atoms with Crippen LogP contribution in [0.4, 0.5) is 0 Å². The summed E-state index contributed by atoms with van der Waals surface area (Å²) < 4.78 is 1.42. The van der Waals surface area contributed by atoms with E-state index in [0.29, 0.717) is 0 Å². The van der Waals surface area contributed by atoms with Gasteiger partial charge >= 0.3 is 99.2 Å². The summed E-state index contributed by atoms with van der Waals surface area (Å²) >= 11 is 1.46. The minimum absolute atomic E-state index is 0. The van der Waals surface area contributed by atoms with Gasteiger partial charge in [-0.25, -0.2) is 11.3 Å². The van der Waals surface area contributed by atoms with Gasteiger partial charge in [-0.05, 0) is 36.5 Å². The zero-order valence-corrected chi connectivity index (χ0v) is 34.0. The number of allylic oxidation sites excluding steroid dienone is 4. The maximum atomic E-state index is 3.67. The third-order valence-corrected chi connectivity index (χ3v) is 11.7. The van der Waals surface area contributed by atoms with Crippen molar-refractivity contribution < 1.29 is 49.0 Å². The van der Waals surface area contributed by atoms with Crippen LogP contribution in [0.3, 0.4) is 0 Å². The Labute approximate surface area is 308 Å². The Morgan fingerprint density at radius 1 is 0.696 bits per heavy atom. The average Bonchev–Trinajstić information content (AvgIpc) is 3.66. The van der Waals surface area contributed by atoms with Crippen molar-refractivity contribution in [2.45, 2.75) is 84.9 Å². The van der Waals surface area contributed by atoms with E-state index in [-0.39, 0.29) is 35.6 Å². The van der Waals surface area contributed by atoms with Crippen LogP contribution in [0, 0.1) is 12.1 Å². The van der Waals surface area contributed by atoms with Gasteiger partial charge in [0, 0.05) is 0 Å². The molecule has 0 radical (unpaired) electrons. The first-order valence-electron chi connectivity index (χ1n) is 15.8. The second-order valence-corrected chi connectivity index (χ2v) is 21.2. The van der Waals surface area contributed by atoms with Crippen molar-refractivity contribution in [3.05, 3.63) is 154 Å². The maximum absolute atomic E-state index is 3.67. The van der Waals surface area contributed by atoms with Gasteiger partial charge in [-0.15, -0.1) is 17.5 Å². The summed E-state index contributed by atoms with van der Waals surface area (Å²) in [5.74, 6) is 0. The number of hydrogen-bond donors (Lipinski definition) is 0. The quantitative estimate of drug-likeness (QED) is 0.180. The number of rotatable bonds is 3. The fraction of sp³-hybridized carbons (Fsp3) is 0.310. The van der Waals surface area contributed by atoms with Crippen LogP contribution in [0.1, 0.15) is 81.3 Å². The summed E-state index contributed by atoms with van der Waals surface area (Å²) in [6.07, 6.45) is 9.72. The first kappa shape index (κ1) is 40.1. The molecular weight excluding hydrogens is 695 g/mol. The summed E-state index contributed by atoms with van der Waals surface area (Å²) in [7, 11) is -0.981. The van der Waals surface area contributed by atoms with Crippen LogP contribution < -0.4 is 24.8 Å². The molecule has 0 fully saturated rings. The fourth-order valence-electron chi connectivity index (χ4n) is 5.32. The number of benzene rings is 4.